The third-order valence-electron chi connectivity index (χ3n) is 2.65. The maximum atomic E-state index is 13.6. The fraction of sp³-hybridized carbons (Fsp3) is 0.455. The lowest BCUT2D eigenvalue weighted by Crippen LogP contribution is -2.19. The van der Waals surface area contributed by atoms with Crippen LogP contribution < -0.4 is 5.73 Å². The van der Waals surface area contributed by atoms with E-state index in [1.165, 1.54) is 12.1 Å². The Morgan fingerprint density at radius 2 is 2.12 bits per heavy atom. The van der Waals surface area contributed by atoms with Crippen molar-refractivity contribution < 1.29 is 9.31 Å². The molecule has 0 spiro atoms. The van der Waals surface area contributed by atoms with Gasteiger partial charge in [-0.2, -0.15) is 0 Å². The van der Waals surface area contributed by atoms with Crippen molar-refractivity contribution in [2.75, 3.05) is 6.54 Å². The van der Waals surface area contributed by atoms with E-state index in [9.17, 15) is 14.5 Å². The van der Waals surface area contributed by atoms with Crippen LogP contribution >= 0.6 is 0 Å². The van der Waals surface area contributed by atoms with E-state index < -0.39 is 10.7 Å². The van der Waals surface area contributed by atoms with Crippen LogP contribution in [0.4, 0.5) is 10.1 Å². The number of nitro benzene ring substituents is 1. The molecule has 0 fully saturated rings. The molecule has 1 aromatic rings. The molecule has 0 aliphatic rings. The van der Waals surface area contributed by atoms with E-state index >= 15 is 0 Å². The summed E-state index contributed by atoms with van der Waals surface area (Å²) in [6, 6.07) is 3.70. The molecule has 16 heavy (non-hydrogen) atoms. The molecular weight excluding hydrogens is 211 g/mol. The van der Waals surface area contributed by atoms with E-state index in [1.807, 2.05) is 13.8 Å². The van der Waals surface area contributed by atoms with E-state index in [0.717, 1.165) is 6.07 Å². The second kappa shape index (κ2) is 5.03. The highest BCUT2D eigenvalue weighted by molar-refractivity contribution is 5.36. The predicted molar refractivity (Wildman–Crippen MR) is 59.7 cm³/mol. The minimum Gasteiger partial charge on any atom is -0.330 e. The fourth-order valence-electron chi connectivity index (χ4n) is 1.69. The molecule has 1 aromatic carbocycles. The maximum absolute atomic E-state index is 13.6. The Balaban J connectivity index is 3.11. The quantitative estimate of drug-likeness (QED) is 0.633. The van der Waals surface area contributed by atoms with Gasteiger partial charge in [-0.1, -0.05) is 13.8 Å². The third-order valence-corrected chi connectivity index (χ3v) is 2.65. The van der Waals surface area contributed by atoms with E-state index in [-0.39, 0.29) is 17.5 Å². The number of hydrogen-bond donors (Lipinski definition) is 1. The van der Waals surface area contributed by atoms with Crippen LogP contribution in [0.1, 0.15) is 25.3 Å². The van der Waals surface area contributed by atoms with Gasteiger partial charge >= 0.3 is 0 Å². The molecule has 1 atom stereocenters. The van der Waals surface area contributed by atoms with Gasteiger partial charge in [-0.3, -0.25) is 10.1 Å². The molecule has 0 aliphatic heterocycles. The Kier molecular flexibility index (Phi) is 3.95. The Labute approximate surface area is 93.4 Å². The van der Waals surface area contributed by atoms with Crippen molar-refractivity contribution in [3.8, 4) is 0 Å². The summed E-state index contributed by atoms with van der Waals surface area (Å²) in [4.78, 5) is 9.84. The molecule has 0 heterocycles. The van der Waals surface area contributed by atoms with Gasteiger partial charge < -0.3 is 5.73 Å². The van der Waals surface area contributed by atoms with E-state index in [1.54, 1.807) is 0 Å². The van der Waals surface area contributed by atoms with Gasteiger partial charge in [0.1, 0.15) is 5.82 Å². The first-order valence-corrected chi connectivity index (χ1v) is 5.11. The lowest BCUT2D eigenvalue weighted by Gasteiger charge is -2.19. The summed E-state index contributed by atoms with van der Waals surface area (Å²) in [5, 5.41) is 10.5. The minimum atomic E-state index is -0.611. The van der Waals surface area contributed by atoms with Gasteiger partial charge in [0.05, 0.1) is 11.0 Å². The van der Waals surface area contributed by atoms with Crippen molar-refractivity contribution in [3.63, 3.8) is 0 Å². The first-order valence-electron chi connectivity index (χ1n) is 5.11. The maximum Gasteiger partial charge on any atom is 0.272 e. The predicted octanol–water partition coefficient (Wildman–Crippen LogP) is 2.43. The number of non-ortho nitro benzene ring substituents is 1. The second-order valence-corrected chi connectivity index (χ2v) is 4.05. The normalized spacial score (nSPS) is 12.8. The van der Waals surface area contributed by atoms with Crippen LogP contribution in [-0.4, -0.2) is 11.5 Å². The molecule has 0 radical (unpaired) electrons. The van der Waals surface area contributed by atoms with Crippen LogP contribution in [0, 0.1) is 21.8 Å². The van der Waals surface area contributed by atoms with Crippen molar-refractivity contribution in [3.05, 3.63) is 39.7 Å². The van der Waals surface area contributed by atoms with Gasteiger partial charge in [-0.15, -0.1) is 0 Å². The highest BCUT2D eigenvalue weighted by Crippen LogP contribution is 2.27. The molecule has 5 heteroatoms. The molecule has 1 unspecified atom stereocenters. The lowest BCUT2D eigenvalue weighted by molar-refractivity contribution is -0.385. The second-order valence-electron chi connectivity index (χ2n) is 4.05. The Morgan fingerprint density at radius 3 is 2.50 bits per heavy atom. The summed E-state index contributed by atoms with van der Waals surface area (Å²) in [5.41, 5.74) is 5.78. The van der Waals surface area contributed by atoms with Crippen LogP contribution in [0.3, 0.4) is 0 Å². The van der Waals surface area contributed by atoms with Gasteiger partial charge in [0, 0.05) is 12.0 Å². The van der Waals surface area contributed by atoms with Crippen molar-refractivity contribution in [1.29, 1.82) is 0 Å². The van der Waals surface area contributed by atoms with Gasteiger partial charge in [0.15, 0.2) is 0 Å². The first-order chi connectivity index (χ1) is 7.47. The molecule has 2 N–H and O–H groups in total. The first kappa shape index (κ1) is 12.6. The standard InChI is InChI=1S/C11H15FN2O2/c1-7(2)10(6-13)9-4-3-8(14(15)16)5-11(9)12/h3-5,7,10H,6,13H2,1-2H3. The number of hydrogen-bond acceptors (Lipinski definition) is 3. The lowest BCUT2D eigenvalue weighted by atomic mass is 9.88. The molecular formula is C11H15FN2O2. The molecule has 0 amide bonds. The highest BCUT2D eigenvalue weighted by atomic mass is 19.1. The van der Waals surface area contributed by atoms with E-state index in [4.69, 9.17) is 5.73 Å². The van der Waals surface area contributed by atoms with E-state index in [2.05, 4.69) is 0 Å². The topological polar surface area (TPSA) is 69.2 Å². The molecule has 1 rings (SSSR count). The Hall–Kier alpha value is -1.49. The van der Waals surface area contributed by atoms with Gasteiger partial charge in [-0.05, 0) is 24.1 Å². The van der Waals surface area contributed by atoms with Crippen LogP contribution in [-0.2, 0) is 0 Å². The zero-order chi connectivity index (χ0) is 12.3. The minimum absolute atomic E-state index is 0.110. The molecule has 0 bridgehead atoms. The monoisotopic (exact) mass is 226 g/mol. The van der Waals surface area contributed by atoms with Crippen LogP contribution in [0.5, 0.6) is 0 Å². The number of benzene rings is 1. The average molecular weight is 226 g/mol. The van der Waals surface area contributed by atoms with Crippen molar-refractivity contribution in [1.82, 2.24) is 0 Å². The summed E-state index contributed by atoms with van der Waals surface area (Å²) in [6.45, 7) is 4.21. The summed E-state index contributed by atoms with van der Waals surface area (Å²) < 4.78 is 13.6. The molecule has 0 saturated carbocycles. The fourth-order valence-corrected chi connectivity index (χ4v) is 1.69. The Morgan fingerprint density at radius 1 is 1.50 bits per heavy atom. The molecule has 0 saturated heterocycles. The third kappa shape index (κ3) is 2.55. The van der Waals surface area contributed by atoms with Gasteiger partial charge in [0.2, 0.25) is 0 Å². The zero-order valence-electron chi connectivity index (χ0n) is 9.31. The highest BCUT2D eigenvalue weighted by Gasteiger charge is 2.20. The Bertz CT molecular complexity index is 394. The SMILES string of the molecule is CC(C)C(CN)c1ccc([N+](=O)[O-])cc1F. The molecule has 88 valence electrons. The summed E-state index contributed by atoms with van der Waals surface area (Å²) in [5.74, 6) is -0.472. The summed E-state index contributed by atoms with van der Waals surface area (Å²) >= 11 is 0. The number of nitrogens with two attached hydrogens (primary N) is 1. The van der Waals surface area contributed by atoms with Crippen LogP contribution in [0.15, 0.2) is 18.2 Å². The van der Waals surface area contributed by atoms with Crippen molar-refractivity contribution in [2.45, 2.75) is 19.8 Å². The van der Waals surface area contributed by atoms with Gasteiger partial charge in [-0.25, -0.2) is 4.39 Å². The molecule has 4 nitrogen and oxygen atoms in total. The van der Waals surface area contributed by atoms with Crippen LogP contribution in [0.2, 0.25) is 0 Å². The molecule has 0 aromatic heterocycles. The van der Waals surface area contributed by atoms with Crippen molar-refractivity contribution >= 4 is 5.69 Å². The number of halogens is 1. The number of rotatable bonds is 4. The smallest absolute Gasteiger partial charge is 0.272 e. The van der Waals surface area contributed by atoms with E-state index in [0.29, 0.717) is 12.1 Å². The zero-order valence-corrected chi connectivity index (χ0v) is 9.31. The van der Waals surface area contributed by atoms with Gasteiger partial charge in [0.25, 0.3) is 5.69 Å². The largest absolute Gasteiger partial charge is 0.330 e. The molecule has 0 aliphatic carbocycles. The summed E-state index contributed by atoms with van der Waals surface area (Å²) in [6.07, 6.45) is 0. The number of nitrogens with zero attached hydrogens (tertiary/aromatic N) is 1. The van der Waals surface area contributed by atoms with Crippen molar-refractivity contribution in [2.24, 2.45) is 11.7 Å². The van der Waals surface area contributed by atoms with Crippen LogP contribution in [0.25, 0.3) is 0 Å². The average Bonchev–Trinajstić information content (AvgIpc) is 2.20. The summed E-state index contributed by atoms with van der Waals surface area (Å²) in [7, 11) is 0. The number of nitro groups is 1.